The first-order valence-electron chi connectivity index (χ1n) is 13.0. The lowest BCUT2D eigenvalue weighted by molar-refractivity contribution is -0.122. The molecule has 41 heavy (non-hydrogen) atoms. The van der Waals surface area contributed by atoms with Crippen LogP contribution in [0.3, 0.4) is 0 Å². The van der Waals surface area contributed by atoms with Gasteiger partial charge in [0.1, 0.15) is 11.3 Å². The molecular formula is C31H31N3O7. The Hall–Kier alpha value is -5.12. The lowest BCUT2D eigenvalue weighted by atomic mass is 10.1. The smallest absolute Gasteiger partial charge is 0.335 e. The van der Waals surface area contributed by atoms with Crippen molar-refractivity contribution in [3.8, 4) is 17.2 Å². The topological polar surface area (TPSA) is 123 Å². The molecule has 3 aromatic rings. The highest BCUT2D eigenvalue weighted by atomic mass is 16.5. The number of para-hydroxylation sites is 1. The first kappa shape index (κ1) is 28.9. The van der Waals surface area contributed by atoms with Crippen molar-refractivity contribution in [3.05, 3.63) is 82.9 Å². The standard InChI is InChI=1S/C31H31N3O7/c1-5-14-40-26-13-12-23(17-27(26)39-4)34-30(37)24(29(36)33-31(34)38)16-21-8-6-7-9-25(21)41-18-28(35)32-22-11-10-19(2)20(3)15-22/h6-13,15-17H,5,14,18H2,1-4H3,(H,32,35)(H,33,36,38)/b24-16-. The zero-order chi connectivity index (χ0) is 29.5. The van der Waals surface area contributed by atoms with Crippen LogP contribution >= 0.6 is 0 Å². The summed E-state index contributed by atoms with van der Waals surface area (Å²) in [5, 5.41) is 4.99. The second kappa shape index (κ2) is 12.8. The molecule has 0 unspecified atom stereocenters. The summed E-state index contributed by atoms with van der Waals surface area (Å²) in [5.41, 5.74) is 3.08. The summed E-state index contributed by atoms with van der Waals surface area (Å²) < 4.78 is 16.8. The number of nitrogens with zero attached hydrogens (tertiary/aromatic N) is 1. The SMILES string of the molecule is CCCOc1ccc(N2C(=O)NC(=O)/C(=C/c3ccccc3OCC(=O)Nc3ccc(C)c(C)c3)C2=O)cc1OC. The average molecular weight is 558 g/mol. The molecular weight excluding hydrogens is 526 g/mol. The Kier molecular flexibility index (Phi) is 9.03. The number of urea groups is 1. The predicted molar refractivity (Wildman–Crippen MR) is 154 cm³/mol. The van der Waals surface area contributed by atoms with Crippen LogP contribution < -0.4 is 29.7 Å². The number of methoxy groups -OCH3 is 1. The van der Waals surface area contributed by atoms with Crippen molar-refractivity contribution in [2.75, 3.05) is 30.5 Å². The van der Waals surface area contributed by atoms with Crippen molar-refractivity contribution in [1.82, 2.24) is 5.32 Å². The Bertz CT molecular complexity index is 1530. The van der Waals surface area contributed by atoms with Crippen molar-refractivity contribution < 1.29 is 33.4 Å². The first-order valence-corrected chi connectivity index (χ1v) is 13.0. The van der Waals surface area contributed by atoms with Crippen LogP contribution in [0.1, 0.15) is 30.0 Å². The molecule has 2 N–H and O–H groups in total. The summed E-state index contributed by atoms with van der Waals surface area (Å²) in [6.07, 6.45) is 2.11. The van der Waals surface area contributed by atoms with Crippen molar-refractivity contribution in [2.24, 2.45) is 0 Å². The van der Waals surface area contributed by atoms with Gasteiger partial charge >= 0.3 is 6.03 Å². The van der Waals surface area contributed by atoms with Gasteiger partial charge in [-0.05, 0) is 67.8 Å². The Morgan fingerprint density at radius 1 is 0.927 bits per heavy atom. The number of nitrogens with one attached hydrogen (secondary N) is 2. The van der Waals surface area contributed by atoms with Gasteiger partial charge in [-0.3, -0.25) is 19.7 Å². The molecule has 212 valence electrons. The quantitative estimate of drug-likeness (QED) is 0.272. The number of hydrogen-bond donors (Lipinski definition) is 2. The zero-order valence-corrected chi connectivity index (χ0v) is 23.3. The lowest BCUT2D eigenvalue weighted by Crippen LogP contribution is -2.54. The van der Waals surface area contributed by atoms with Crippen LogP contribution in [0.25, 0.3) is 6.08 Å². The van der Waals surface area contributed by atoms with Crippen molar-refractivity contribution in [2.45, 2.75) is 27.2 Å². The maximum Gasteiger partial charge on any atom is 0.335 e. The van der Waals surface area contributed by atoms with Crippen molar-refractivity contribution in [1.29, 1.82) is 0 Å². The number of ether oxygens (including phenoxy) is 3. The highest BCUT2D eigenvalue weighted by Gasteiger charge is 2.37. The molecule has 0 spiro atoms. The summed E-state index contributed by atoms with van der Waals surface area (Å²) >= 11 is 0. The van der Waals surface area contributed by atoms with E-state index in [0.717, 1.165) is 22.4 Å². The summed E-state index contributed by atoms with van der Waals surface area (Å²) in [5.74, 6) is -0.990. The Morgan fingerprint density at radius 2 is 1.71 bits per heavy atom. The summed E-state index contributed by atoms with van der Waals surface area (Å²) in [6.45, 7) is 6.07. The van der Waals surface area contributed by atoms with E-state index >= 15 is 0 Å². The lowest BCUT2D eigenvalue weighted by Gasteiger charge is -2.27. The number of aryl methyl sites for hydroxylation is 2. The molecule has 0 radical (unpaired) electrons. The Morgan fingerprint density at radius 3 is 2.44 bits per heavy atom. The minimum Gasteiger partial charge on any atom is -0.493 e. The Balaban J connectivity index is 1.55. The third-order valence-corrected chi connectivity index (χ3v) is 6.34. The van der Waals surface area contributed by atoms with Gasteiger partial charge in [-0.15, -0.1) is 0 Å². The monoisotopic (exact) mass is 557 g/mol. The van der Waals surface area contributed by atoms with Crippen molar-refractivity contribution >= 4 is 41.2 Å². The molecule has 3 aromatic carbocycles. The molecule has 10 heteroatoms. The number of rotatable bonds is 10. The molecule has 0 bridgehead atoms. The third kappa shape index (κ3) is 6.73. The van der Waals surface area contributed by atoms with Gasteiger partial charge in [0, 0.05) is 17.3 Å². The fraction of sp³-hybridized carbons (Fsp3) is 0.226. The highest BCUT2D eigenvalue weighted by molar-refractivity contribution is 6.39. The number of benzene rings is 3. The maximum atomic E-state index is 13.4. The van der Waals surface area contributed by atoms with E-state index in [1.165, 1.54) is 25.3 Å². The van der Waals surface area contributed by atoms with E-state index in [2.05, 4.69) is 10.6 Å². The van der Waals surface area contributed by atoms with E-state index in [0.29, 0.717) is 29.4 Å². The number of anilines is 2. The van der Waals surface area contributed by atoms with Gasteiger partial charge in [0.05, 0.1) is 19.4 Å². The number of hydrogen-bond acceptors (Lipinski definition) is 7. The molecule has 0 atom stereocenters. The van der Waals surface area contributed by atoms with Crippen molar-refractivity contribution in [3.63, 3.8) is 0 Å². The minimum atomic E-state index is -0.894. The first-order chi connectivity index (χ1) is 19.7. The zero-order valence-electron chi connectivity index (χ0n) is 23.3. The predicted octanol–water partition coefficient (Wildman–Crippen LogP) is 4.78. The summed E-state index contributed by atoms with van der Waals surface area (Å²) in [4.78, 5) is 52.2. The van der Waals surface area contributed by atoms with Crippen LogP contribution in [0.15, 0.2) is 66.2 Å². The minimum absolute atomic E-state index is 0.194. The summed E-state index contributed by atoms with van der Waals surface area (Å²) in [6, 6.07) is 16.0. The fourth-order valence-corrected chi connectivity index (χ4v) is 4.06. The van der Waals surface area contributed by atoms with E-state index in [1.807, 2.05) is 32.9 Å². The molecule has 1 aliphatic rings. The molecule has 1 fully saturated rings. The highest BCUT2D eigenvalue weighted by Crippen LogP contribution is 2.34. The van der Waals surface area contributed by atoms with Crippen LogP contribution in [0.2, 0.25) is 0 Å². The Labute approximate surface area is 237 Å². The molecule has 1 aliphatic heterocycles. The molecule has 4 rings (SSSR count). The van der Waals surface area contributed by atoms with E-state index < -0.39 is 17.8 Å². The van der Waals surface area contributed by atoms with Gasteiger partial charge in [0.25, 0.3) is 17.7 Å². The van der Waals surface area contributed by atoms with Gasteiger partial charge in [-0.1, -0.05) is 31.2 Å². The largest absolute Gasteiger partial charge is 0.493 e. The fourth-order valence-electron chi connectivity index (χ4n) is 4.06. The third-order valence-electron chi connectivity index (χ3n) is 6.34. The van der Waals surface area contributed by atoms with Crippen LogP contribution in [0.4, 0.5) is 16.2 Å². The second-order valence-electron chi connectivity index (χ2n) is 9.32. The van der Waals surface area contributed by atoms with Crippen LogP contribution in [0, 0.1) is 13.8 Å². The molecule has 0 aromatic heterocycles. The van der Waals surface area contributed by atoms with E-state index in [1.54, 1.807) is 36.4 Å². The number of carbonyl (C=O) groups is 4. The van der Waals surface area contributed by atoms with Crippen LogP contribution in [0.5, 0.6) is 17.2 Å². The molecule has 1 heterocycles. The van der Waals surface area contributed by atoms with E-state index in [4.69, 9.17) is 14.2 Å². The van der Waals surface area contributed by atoms with Gasteiger partial charge in [-0.2, -0.15) is 0 Å². The van der Waals surface area contributed by atoms with Crippen LogP contribution in [-0.2, 0) is 14.4 Å². The van der Waals surface area contributed by atoms with Gasteiger partial charge in [0.2, 0.25) is 0 Å². The van der Waals surface area contributed by atoms with Gasteiger partial charge in [-0.25, -0.2) is 9.69 Å². The van der Waals surface area contributed by atoms with Crippen LogP contribution in [-0.4, -0.2) is 44.1 Å². The number of amides is 5. The molecule has 10 nitrogen and oxygen atoms in total. The number of carbonyl (C=O) groups excluding carboxylic acids is 4. The summed E-state index contributed by atoms with van der Waals surface area (Å²) in [7, 11) is 1.45. The normalized spacial score (nSPS) is 14.1. The number of barbiturate groups is 1. The maximum absolute atomic E-state index is 13.4. The van der Waals surface area contributed by atoms with Gasteiger partial charge < -0.3 is 19.5 Å². The van der Waals surface area contributed by atoms with E-state index in [9.17, 15) is 19.2 Å². The molecule has 0 aliphatic carbocycles. The molecule has 0 saturated carbocycles. The number of imide groups is 2. The van der Waals surface area contributed by atoms with E-state index in [-0.39, 0.29) is 29.5 Å². The molecule has 1 saturated heterocycles. The second-order valence-corrected chi connectivity index (χ2v) is 9.32. The molecule has 5 amide bonds. The average Bonchev–Trinajstić information content (AvgIpc) is 2.95. The van der Waals surface area contributed by atoms with Gasteiger partial charge in [0.15, 0.2) is 18.1 Å².